The molecule has 0 radical (unpaired) electrons. The van der Waals surface area contributed by atoms with Crippen LogP contribution < -0.4 is 10.9 Å². The van der Waals surface area contributed by atoms with Crippen molar-refractivity contribution in [2.45, 2.75) is 31.9 Å². The molecule has 1 aromatic heterocycles. The lowest BCUT2D eigenvalue weighted by atomic mass is 10.1. The quantitative estimate of drug-likeness (QED) is 0.764. The molecule has 0 saturated heterocycles. The summed E-state index contributed by atoms with van der Waals surface area (Å²) >= 11 is 3.33. The van der Waals surface area contributed by atoms with Gasteiger partial charge in [-0.25, -0.2) is 4.68 Å². The number of aromatic nitrogens is 2. The number of rotatable bonds is 7. The van der Waals surface area contributed by atoms with E-state index >= 15 is 0 Å². The van der Waals surface area contributed by atoms with Gasteiger partial charge >= 0.3 is 0 Å². The van der Waals surface area contributed by atoms with Crippen LogP contribution in [0.25, 0.3) is 0 Å². The van der Waals surface area contributed by atoms with Gasteiger partial charge in [0.1, 0.15) is 4.47 Å². The zero-order chi connectivity index (χ0) is 15.6. The molecule has 0 aliphatic heterocycles. The molecule has 0 bridgehead atoms. The van der Waals surface area contributed by atoms with Crippen molar-refractivity contribution in [1.29, 1.82) is 0 Å². The molecule has 21 heavy (non-hydrogen) atoms. The molecule has 6 nitrogen and oxygen atoms in total. The molecule has 7 heteroatoms. The van der Waals surface area contributed by atoms with E-state index < -0.39 is 5.60 Å². The minimum atomic E-state index is -0.883. The average Bonchev–Trinajstić information content (AvgIpc) is 3.16. The predicted octanol–water partition coefficient (Wildman–Crippen LogP) is 1.14. The Balaban J connectivity index is 2.03. The number of anilines is 1. The summed E-state index contributed by atoms with van der Waals surface area (Å²) in [6.45, 7) is 3.33. The third-order valence-electron chi connectivity index (χ3n) is 3.43. The molecule has 1 heterocycles. The van der Waals surface area contributed by atoms with Crippen molar-refractivity contribution in [3.8, 4) is 0 Å². The van der Waals surface area contributed by atoms with Gasteiger partial charge in [0.2, 0.25) is 0 Å². The maximum atomic E-state index is 12.2. The first kappa shape index (κ1) is 16.5. The van der Waals surface area contributed by atoms with Gasteiger partial charge in [-0.05, 0) is 55.7 Å². The average molecular weight is 359 g/mol. The summed E-state index contributed by atoms with van der Waals surface area (Å²) < 4.78 is 1.98. The Hall–Kier alpha value is -0.920. The Labute approximate surface area is 133 Å². The number of hydrogen-bond donors (Lipinski definition) is 2. The monoisotopic (exact) mass is 358 g/mol. The number of nitrogens with zero attached hydrogens (tertiary/aromatic N) is 3. The second-order valence-corrected chi connectivity index (χ2v) is 7.18. The molecule has 2 N–H and O–H groups in total. The van der Waals surface area contributed by atoms with Crippen molar-refractivity contribution in [3.05, 3.63) is 21.0 Å². The summed E-state index contributed by atoms with van der Waals surface area (Å²) in [4.78, 5) is 14.1. The van der Waals surface area contributed by atoms with E-state index in [4.69, 9.17) is 0 Å². The minimum Gasteiger partial charge on any atom is -0.387 e. The molecular weight excluding hydrogens is 336 g/mol. The van der Waals surface area contributed by atoms with E-state index in [0.717, 1.165) is 0 Å². The second kappa shape index (κ2) is 6.46. The Kier molecular flexibility index (Phi) is 5.06. The van der Waals surface area contributed by atoms with Gasteiger partial charge in [0.05, 0.1) is 17.5 Å². The first-order valence-electron chi connectivity index (χ1n) is 7.15. The summed E-state index contributed by atoms with van der Waals surface area (Å²) in [6, 6.07) is 0. The van der Waals surface area contributed by atoms with Crippen LogP contribution in [0.2, 0.25) is 0 Å². The lowest BCUT2D eigenvalue weighted by Gasteiger charge is -2.27. The van der Waals surface area contributed by atoms with Crippen molar-refractivity contribution in [2.75, 3.05) is 32.5 Å². The highest BCUT2D eigenvalue weighted by atomic mass is 79.9. The Morgan fingerprint density at radius 3 is 2.81 bits per heavy atom. The van der Waals surface area contributed by atoms with Crippen molar-refractivity contribution in [1.82, 2.24) is 14.7 Å². The molecular formula is C14H23BrN4O2. The lowest BCUT2D eigenvalue weighted by Crippen LogP contribution is -2.43. The SMILES string of the molecule is CN(C)CC(C)(O)CNc1cnn(CC2CC2)c(=O)c1Br. The van der Waals surface area contributed by atoms with Gasteiger partial charge < -0.3 is 15.3 Å². The zero-order valence-electron chi connectivity index (χ0n) is 12.8. The van der Waals surface area contributed by atoms with E-state index in [0.29, 0.717) is 35.7 Å². The molecule has 1 aliphatic rings. The number of aliphatic hydroxyl groups is 1. The third-order valence-corrected chi connectivity index (χ3v) is 4.20. The molecule has 0 amide bonds. The number of halogens is 1. The smallest absolute Gasteiger partial charge is 0.283 e. The molecule has 1 fully saturated rings. The van der Waals surface area contributed by atoms with Gasteiger partial charge in [0, 0.05) is 19.6 Å². The molecule has 1 aliphatic carbocycles. The highest BCUT2D eigenvalue weighted by molar-refractivity contribution is 9.10. The normalized spacial score (nSPS) is 17.8. The fourth-order valence-corrected chi connectivity index (χ4v) is 2.73. The molecule has 1 aromatic rings. The van der Waals surface area contributed by atoms with Crippen molar-refractivity contribution in [3.63, 3.8) is 0 Å². The Bertz CT molecular complexity index is 552. The first-order chi connectivity index (χ1) is 9.78. The molecule has 1 unspecified atom stereocenters. The van der Waals surface area contributed by atoms with E-state index in [1.54, 1.807) is 13.1 Å². The molecule has 0 aromatic carbocycles. The van der Waals surface area contributed by atoms with Gasteiger partial charge in [0.25, 0.3) is 5.56 Å². The van der Waals surface area contributed by atoms with Crippen LogP contribution in [0.4, 0.5) is 5.69 Å². The molecule has 0 spiro atoms. The number of nitrogens with one attached hydrogen (secondary N) is 1. The maximum Gasteiger partial charge on any atom is 0.283 e. The maximum absolute atomic E-state index is 12.2. The largest absolute Gasteiger partial charge is 0.387 e. The van der Waals surface area contributed by atoms with Crippen LogP contribution in [0.5, 0.6) is 0 Å². The van der Waals surface area contributed by atoms with E-state index in [2.05, 4.69) is 26.3 Å². The molecule has 1 atom stereocenters. The number of likely N-dealkylation sites (N-methyl/N-ethyl adjacent to an activating group) is 1. The fourth-order valence-electron chi connectivity index (χ4n) is 2.29. The first-order valence-corrected chi connectivity index (χ1v) is 7.94. The Morgan fingerprint density at radius 1 is 1.57 bits per heavy atom. The zero-order valence-corrected chi connectivity index (χ0v) is 14.4. The van der Waals surface area contributed by atoms with E-state index in [1.807, 2.05) is 19.0 Å². The van der Waals surface area contributed by atoms with Crippen LogP contribution in [0, 0.1) is 5.92 Å². The molecule has 1 saturated carbocycles. The van der Waals surface area contributed by atoms with Gasteiger partial charge in [-0.3, -0.25) is 4.79 Å². The third kappa shape index (κ3) is 4.79. The van der Waals surface area contributed by atoms with Gasteiger partial charge in [-0.2, -0.15) is 5.10 Å². The summed E-state index contributed by atoms with van der Waals surface area (Å²) in [6.07, 6.45) is 4.00. The minimum absolute atomic E-state index is 0.126. The summed E-state index contributed by atoms with van der Waals surface area (Å²) in [5.41, 5.74) is -0.392. The standard InChI is InChI=1S/C14H23BrN4O2/c1-14(21,9-18(2)3)8-16-11-6-17-19(7-10-4-5-10)13(20)12(11)15/h6,10,16,21H,4-5,7-9H2,1-3H3. The topological polar surface area (TPSA) is 70.4 Å². The van der Waals surface area contributed by atoms with E-state index in [9.17, 15) is 9.90 Å². The second-order valence-electron chi connectivity index (χ2n) is 6.39. The van der Waals surface area contributed by atoms with Gasteiger partial charge in [-0.15, -0.1) is 0 Å². The van der Waals surface area contributed by atoms with Crippen molar-refractivity contribution in [2.24, 2.45) is 5.92 Å². The van der Waals surface area contributed by atoms with E-state index in [-0.39, 0.29) is 5.56 Å². The van der Waals surface area contributed by atoms with Gasteiger partial charge in [0.15, 0.2) is 0 Å². The van der Waals surface area contributed by atoms with Crippen LogP contribution in [0.3, 0.4) is 0 Å². The lowest BCUT2D eigenvalue weighted by molar-refractivity contribution is 0.0459. The summed E-state index contributed by atoms with van der Waals surface area (Å²) in [5, 5.41) is 17.6. The van der Waals surface area contributed by atoms with Crippen LogP contribution in [-0.4, -0.2) is 52.6 Å². The molecule has 118 valence electrons. The summed E-state index contributed by atoms with van der Waals surface area (Å²) in [7, 11) is 3.82. The van der Waals surface area contributed by atoms with Crippen molar-refractivity contribution < 1.29 is 5.11 Å². The summed E-state index contributed by atoms with van der Waals surface area (Å²) in [5.74, 6) is 0.599. The van der Waals surface area contributed by atoms with Crippen LogP contribution >= 0.6 is 15.9 Å². The molecule has 2 rings (SSSR count). The highest BCUT2D eigenvalue weighted by Crippen LogP contribution is 2.30. The van der Waals surface area contributed by atoms with E-state index in [1.165, 1.54) is 17.5 Å². The number of hydrogen-bond acceptors (Lipinski definition) is 5. The van der Waals surface area contributed by atoms with Crippen LogP contribution in [-0.2, 0) is 6.54 Å². The van der Waals surface area contributed by atoms with Gasteiger partial charge in [-0.1, -0.05) is 0 Å². The Morgan fingerprint density at radius 2 is 2.24 bits per heavy atom. The predicted molar refractivity (Wildman–Crippen MR) is 86.6 cm³/mol. The van der Waals surface area contributed by atoms with Crippen molar-refractivity contribution >= 4 is 21.6 Å². The highest BCUT2D eigenvalue weighted by Gasteiger charge is 2.24. The fraction of sp³-hybridized carbons (Fsp3) is 0.714. The van der Waals surface area contributed by atoms with Crippen LogP contribution in [0.1, 0.15) is 19.8 Å². The van der Waals surface area contributed by atoms with Crippen LogP contribution in [0.15, 0.2) is 15.5 Å².